The molecule has 0 N–H and O–H groups in total. The molecule has 2 rings (SSSR count). The lowest BCUT2D eigenvalue weighted by atomic mass is 10.4. The van der Waals surface area contributed by atoms with Crippen LogP contribution in [0.15, 0.2) is 23.4 Å². The first-order valence-corrected chi connectivity index (χ1v) is 7.90. The van der Waals surface area contributed by atoms with E-state index in [1.165, 1.54) is 18.0 Å². The van der Waals surface area contributed by atoms with E-state index < -0.39 is 24.4 Å². The van der Waals surface area contributed by atoms with Crippen LogP contribution in [-0.4, -0.2) is 45.2 Å². The molecule has 2 heterocycles. The molecule has 11 heteroatoms. The number of carbonyl (C=O) groups excluding carboxylic acids is 1. The molecule has 0 aliphatic heterocycles. The second-order valence-electron chi connectivity index (χ2n) is 4.27. The van der Waals surface area contributed by atoms with Crippen LogP contribution >= 0.6 is 11.8 Å². The Morgan fingerprint density at radius 2 is 2.17 bits per heavy atom. The fourth-order valence-corrected chi connectivity index (χ4v) is 2.00. The summed E-state index contributed by atoms with van der Waals surface area (Å²) in [6.45, 7) is 1.18. The van der Waals surface area contributed by atoms with E-state index in [1.54, 1.807) is 19.2 Å². The third-order valence-electron chi connectivity index (χ3n) is 2.63. The molecule has 0 aliphatic rings. The lowest BCUT2D eigenvalue weighted by Gasteiger charge is -2.07. The zero-order valence-corrected chi connectivity index (χ0v) is 13.5. The number of hydrogen-bond acceptors (Lipinski definition) is 7. The fourth-order valence-electron chi connectivity index (χ4n) is 1.63. The summed E-state index contributed by atoms with van der Waals surface area (Å²) in [5.41, 5.74) is -1.18. The quantitative estimate of drug-likeness (QED) is 0.443. The highest BCUT2D eigenvalue weighted by molar-refractivity contribution is 7.98. The van der Waals surface area contributed by atoms with Crippen LogP contribution in [0.4, 0.5) is 13.2 Å². The number of ether oxygens (including phenoxy) is 2. The molecular weight excluding hydrogens is 349 g/mol. The fraction of sp³-hybridized carbons (Fsp3) is 0.385. The number of hydrogen-bond donors (Lipinski definition) is 0. The second-order valence-corrected chi connectivity index (χ2v) is 5.10. The summed E-state index contributed by atoms with van der Waals surface area (Å²) in [7, 11) is 0. The number of nitrogens with zero attached hydrogens (tertiary/aromatic N) is 4. The maximum absolute atomic E-state index is 12.9. The van der Waals surface area contributed by atoms with E-state index >= 15 is 0 Å². The van der Waals surface area contributed by atoms with E-state index in [1.807, 2.05) is 0 Å². The largest absolute Gasteiger partial charge is 0.465 e. The van der Waals surface area contributed by atoms with Crippen molar-refractivity contribution in [2.75, 3.05) is 19.5 Å². The van der Waals surface area contributed by atoms with Gasteiger partial charge in [0.05, 0.1) is 6.61 Å². The summed E-state index contributed by atoms with van der Waals surface area (Å²) in [5.74, 6) is -1.12. The van der Waals surface area contributed by atoms with Crippen molar-refractivity contribution in [2.24, 2.45) is 0 Å². The highest BCUT2D eigenvalue weighted by Gasteiger charge is 2.36. The molecule has 0 atom stereocenters. The predicted molar refractivity (Wildman–Crippen MR) is 78.1 cm³/mol. The van der Waals surface area contributed by atoms with Crippen molar-refractivity contribution in [3.05, 3.63) is 24.0 Å². The first kappa shape index (κ1) is 18.0. The van der Waals surface area contributed by atoms with Crippen LogP contribution in [0.2, 0.25) is 0 Å². The third-order valence-corrected chi connectivity index (χ3v) is 3.27. The Hall–Kier alpha value is -2.30. The molecule has 130 valence electrons. The first-order valence-electron chi connectivity index (χ1n) is 6.68. The number of rotatable bonds is 6. The predicted octanol–water partition coefficient (Wildman–Crippen LogP) is 2.34. The van der Waals surface area contributed by atoms with Crippen LogP contribution in [0.1, 0.15) is 12.6 Å². The highest BCUT2D eigenvalue weighted by Crippen LogP contribution is 2.31. The van der Waals surface area contributed by atoms with Gasteiger partial charge in [-0.15, -0.1) is 11.8 Å². The molecule has 2 aromatic rings. The Kier molecular flexibility index (Phi) is 5.65. The molecule has 0 spiro atoms. The maximum Gasteiger partial charge on any atom is 0.435 e. The molecule has 0 bridgehead atoms. The topological polar surface area (TPSA) is 79.1 Å². The Morgan fingerprint density at radius 1 is 1.42 bits per heavy atom. The van der Waals surface area contributed by atoms with E-state index in [9.17, 15) is 18.0 Å². The van der Waals surface area contributed by atoms with Crippen LogP contribution in [-0.2, 0) is 15.7 Å². The summed E-state index contributed by atoms with van der Waals surface area (Å²) >= 11 is 1.29. The number of aromatic nitrogens is 4. The SMILES string of the molecule is CCOC(=O)COc1cc(C(F)(F)F)nn1-c1nccc(SC)n1. The molecule has 0 aliphatic carbocycles. The monoisotopic (exact) mass is 362 g/mol. The molecule has 0 saturated heterocycles. The van der Waals surface area contributed by atoms with Crippen molar-refractivity contribution < 1.29 is 27.4 Å². The van der Waals surface area contributed by atoms with Gasteiger partial charge in [-0.05, 0) is 19.2 Å². The number of alkyl halides is 3. The van der Waals surface area contributed by atoms with Gasteiger partial charge in [0.25, 0.3) is 5.95 Å². The van der Waals surface area contributed by atoms with Crippen LogP contribution in [0, 0.1) is 0 Å². The van der Waals surface area contributed by atoms with E-state index in [0.29, 0.717) is 11.1 Å². The van der Waals surface area contributed by atoms with E-state index in [2.05, 4.69) is 19.8 Å². The molecule has 0 aromatic carbocycles. The molecular formula is C13H13F3N4O3S. The zero-order valence-electron chi connectivity index (χ0n) is 12.7. The van der Waals surface area contributed by atoms with Gasteiger partial charge in [-0.3, -0.25) is 0 Å². The summed E-state index contributed by atoms with van der Waals surface area (Å²) in [4.78, 5) is 19.3. The lowest BCUT2D eigenvalue weighted by molar-refractivity contribution is -0.145. The van der Waals surface area contributed by atoms with Gasteiger partial charge in [0.2, 0.25) is 5.88 Å². The minimum absolute atomic E-state index is 0.101. The molecule has 0 saturated carbocycles. The summed E-state index contributed by atoms with van der Waals surface area (Å²) in [6.07, 6.45) is -1.53. The van der Waals surface area contributed by atoms with Crippen LogP contribution in [0.25, 0.3) is 5.95 Å². The van der Waals surface area contributed by atoms with Crippen molar-refractivity contribution in [1.29, 1.82) is 0 Å². The Bertz CT molecular complexity index is 721. The number of halogens is 3. The van der Waals surface area contributed by atoms with Crippen molar-refractivity contribution in [1.82, 2.24) is 19.7 Å². The van der Waals surface area contributed by atoms with Crippen molar-refractivity contribution in [3.63, 3.8) is 0 Å². The molecule has 2 aromatic heterocycles. The van der Waals surface area contributed by atoms with Gasteiger partial charge in [0, 0.05) is 12.3 Å². The smallest absolute Gasteiger partial charge is 0.435 e. The first-order chi connectivity index (χ1) is 11.3. The second kappa shape index (κ2) is 7.51. The van der Waals surface area contributed by atoms with Gasteiger partial charge in [-0.25, -0.2) is 14.8 Å². The van der Waals surface area contributed by atoms with Gasteiger partial charge in [-0.2, -0.15) is 23.0 Å². The van der Waals surface area contributed by atoms with Crippen molar-refractivity contribution in [3.8, 4) is 11.8 Å². The van der Waals surface area contributed by atoms with Gasteiger partial charge in [0.15, 0.2) is 12.3 Å². The van der Waals surface area contributed by atoms with Crippen LogP contribution in [0.5, 0.6) is 5.88 Å². The van der Waals surface area contributed by atoms with E-state index in [0.717, 1.165) is 4.68 Å². The normalized spacial score (nSPS) is 11.4. The van der Waals surface area contributed by atoms with Crippen LogP contribution < -0.4 is 4.74 Å². The Labute approximate surface area is 139 Å². The van der Waals surface area contributed by atoms with Crippen LogP contribution in [0.3, 0.4) is 0 Å². The zero-order chi connectivity index (χ0) is 17.7. The molecule has 0 radical (unpaired) electrons. The molecule has 0 unspecified atom stereocenters. The van der Waals surface area contributed by atoms with Crippen molar-refractivity contribution >= 4 is 17.7 Å². The van der Waals surface area contributed by atoms with E-state index in [4.69, 9.17) is 4.74 Å². The Morgan fingerprint density at radius 3 is 2.79 bits per heavy atom. The standard InChI is InChI=1S/C13H13F3N4O3S/c1-3-22-11(21)7-23-10-6-8(13(14,15)16)19-20(10)12-17-5-4-9(18-12)24-2/h4-6H,3,7H2,1-2H3. The molecule has 0 amide bonds. The summed E-state index contributed by atoms with van der Waals surface area (Å²) in [6, 6.07) is 2.27. The summed E-state index contributed by atoms with van der Waals surface area (Å²) < 4.78 is 49.2. The maximum atomic E-state index is 12.9. The van der Waals surface area contributed by atoms with E-state index in [-0.39, 0.29) is 18.4 Å². The molecule has 7 nitrogen and oxygen atoms in total. The minimum Gasteiger partial charge on any atom is -0.465 e. The average molecular weight is 362 g/mol. The summed E-state index contributed by atoms with van der Waals surface area (Å²) in [5, 5.41) is 3.97. The van der Waals surface area contributed by atoms with Crippen molar-refractivity contribution in [2.45, 2.75) is 18.1 Å². The average Bonchev–Trinajstić information content (AvgIpc) is 2.98. The minimum atomic E-state index is -4.68. The number of thioether (sulfide) groups is 1. The number of carbonyl (C=O) groups is 1. The third kappa shape index (κ3) is 4.37. The Balaban J connectivity index is 2.36. The number of esters is 1. The van der Waals surface area contributed by atoms with Gasteiger partial charge in [-0.1, -0.05) is 0 Å². The van der Waals surface area contributed by atoms with Gasteiger partial charge in [0.1, 0.15) is 5.03 Å². The van der Waals surface area contributed by atoms with Gasteiger partial charge < -0.3 is 9.47 Å². The molecule has 24 heavy (non-hydrogen) atoms. The van der Waals surface area contributed by atoms with Gasteiger partial charge >= 0.3 is 12.1 Å². The molecule has 0 fully saturated rings. The highest BCUT2D eigenvalue weighted by atomic mass is 32.2. The lowest BCUT2D eigenvalue weighted by Crippen LogP contribution is -2.16.